The number of benzene rings is 1. The summed E-state index contributed by atoms with van der Waals surface area (Å²) in [5.74, 6) is -1.04. The minimum absolute atomic E-state index is 0.0793. The van der Waals surface area contributed by atoms with E-state index < -0.39 is 11.6 Å². The Morgan fingerprint density at radius 1 is 1.41 bits per heavy atom. The molecule has 0 fully saturated rings. The van der Waals surface area contributed by atoms with Crippen LogP contribution >= 0.6 is 0 Å². The molecule has 1 amide bonds. The first-order chi connectivity index (χ1) is 8.04. The Morgan fingerprint density at radius 3 is 2.76 bits per heavy atom. The summed E-state index contributed by atoms with van der Waals surface area (Å²) in [6, 6.07) is 3.26. The molecule has 0 radical (unpaired) electrons. The summed E-state index contributed by atoms with van der Waals surface area (Å²) in [7, 11) is 1.69. The SMILES string of the molecule is CCN(C)C(=O)CNCc1cc(F)ccc1F. The van der Waals surface area contributed by atoms with Crippen molar-refractivity contribution in [2.75, 3.05) is 20.1 Å². The number of nitrogens with one attached hydrogen (secondary N) is 1. The summed E-state index contributed by atoms with van der Waals surface area (Å²) in [4.78, 5) is 13.0. The number of hydrogen-bond donors (Lipinski definition) is 1. The fourth-order valence-corrected chi connectivity index (χ4v) is 1.29. The maximum Gasteiger partial charge on any atom is 0.236 e. The zero-order valence-corrected chi connectivity index (χ0v) is 9.96. The van der Waals surface area contributed by atoms with E-state index in [1.807, 2.05) is 6.92 Å². The number of halogens is 2. The normalized spacial score (nSPS) is 10.4. The zero-order chi connectivity index (χ0) is 12.8. The summed E-state index contributed by atoms with van der Waals surface area (Å²) in [5, 5.41) is 2.79. The molecule has 94 valence electrons. The van der Waals surface area contributed by atoms with Crippen LogP contribution in [0.1, 0.15) is 12.5 Å². The van der Waals surface area contributed by atoms with Crippen LogP contribution in [0.3, 0.4) is 0 Å². The Morgan fingerprint density at radius 2 is 2.12 bits per heavy atom. The van der Waals surface area contributed by atoms with Gasteiger partial charge in [0.2, 0.25) is 5.91 Å². The Kier molecular flexibility index (Phi) is 5.03. The summed E-state index contributed by atoms with van der Waals surface area (Å²) in [6.07, 6.45) is 0. The molecule has 0 unspecified atom stereocenters. The molecule has 5 heteroatoms. The van der Waals surface area contributed by atoms with Gasteiger partial charge in [-0.1, -0.05) is 0 Å². The molecule has 0 atom stereocenters. The molecular weight excluding hydrogens is 226 g/mol. The number of amides is 1. The minimum atomic E-state index is -0.486. The second kappa shape index (κ2) is 6.30. The average molecular weight is 242 g/mol. The zero-order valence-electron chi connectivity index (χ0n) is 9.96. The van der Waals surface area contributed by atoms with Gasteiger partial charge < -0.3 is 10.2 Å². The van der Waals surface area contributed by atoms with Crippen molar-refractivity contribution in [1.82, 2.24) is 10.2 Å². The Hall–Kier alpha value is -1.49. The first-order valence-corrected chi connectivity index (χ1v) is 5.43. The molecule has 17 heavy (non-hydrogen) atoms. The van der Waals surface area contributed by atoms with E-state index in [4.69, 9.17) is 0 Å². The van der Waals surface area contributed by atoms with Crippen LogP contribution in [0.15, 0.2) is 18.2 Å². The van der Waals surface area contributed by atoms with Crippen LogP contribution in [0.25, 0.3) is 0 Å². The number of likely N-dealkylation sites (N-methyl/N-ethyl adjacent to an activating group) is 1. The highest BCUT2D eigenvalue weighted by molar-refractivity contribution is 5.77. The van der Waals surface area contributed by atoms with Gasteiger partial charge >= 0.3 is 0 Å². The van der Waals surface area contributed by atoms with Crippen molar-refractivity contribution in [2.24, 2.45) is 0 Å². The van der Waals surface area contributed by atoms with Gasteiger partial charge in [0.1, 0.15) is 11.6 Å². The molecule has 0 aromatic heterocycles. The first kappa shape index (κ1) is 13.6. The van der Waals surface area contributed by atoms with Crippen LogP contribution in [-0.4, -0.2) is 30.9 Å². The van der Waals surface area contributed by atoms with Gasteiger partial charge in [0.25, 0.3) is 0 Å². The number of rotatable bonds is 5. The van der Waals surface area contributed by atoms with Gasteiger partial charge in [-0.2, -0.15) is 0 Å². The van der Waals surface area contributed by atoms with E-state index in [2.05, 4.69) is 5.32 Å². The number of carbonyl (C=O) groups excluding carboxylic acids is 1. The fraction of sp³-hybridized carbons (Fsp3) is 0.417. The van der Waals surface area contributed by atoms with Crippen LogP contribution in [0.5, 0.6) is 0 Å². The minimum Gasteiger partial charge on any atom is -0.345 e. The molecule has 3 nitrogen and oxygen atoms in total. The Bertz CT molecular complexity index is 396. The van der Waals surface area contributed by atoms with E-state index in [1.165, 1.54) is 0 Å². The average Bonchev–Trinajstić information content (AvgIpc) is 2.32. The molecule has 1 aromatic rings. The Labute approximate surface area is 99.4 Å². The number of nitrogens with zero attached hydrogens (tertiary/aromatic N) is 1. The van der Waals surface area contributed by atoms with E-state index in [0.29, 0.717) is 6.54 Å². The predicted molar refractivity (Wildman–Crippen MR) is 61.4 cm³/mol. The maximum atomic E-state index is 13.2. The topological polar surface area (TPSA) is 32.3 Å². The molecule has 1 aromatic carbocycles. The third kappa shape index (κ3) is 4.11. The van der Waals surface area contributed by atoms with Crippen molar-refractivity contribution in [3.63, 3.8) is 0 Å². The largest absolute Gasteiger partial charge is 0.345 e. The Balaban J connectivity index is 2.46. The molecule has 0 aliphatic carbocycles. The second-order valence-electron chi connectivity index (χ2n) is 3.75. The van der Waals surface area contributed by atoms with E-state index in [-0.39, 0.29) is 24.6 Å². The molecule has 0 heterocycles. The highest BCUT2D eigenvalue weighted by Crippen LogP contribution is 2.08. The fourth-order valence-electron chi connectivity index (χ4n) is 1.29. The van der Waals surface area contributed by atoms with Gasteiger partial charge in [0, 0.05) is 25.7 Å². The smallest absolute Gasteiger partial charge is 0.236 e. The summed E-state index contributed by atoms with van der Waals surface area (Å²) >= 11 is 0. The highest BCUT2D eigenvalue weighted by atomic mass is 19.1. The summed E-state index contributed by atoms with van der Waals surface area (Å²) in [5.41, 5.74) is 0.219. The lowest BCUT2D eigenvalue weighted by Crippen LogP contribution is -2.35. The van der Waals surface area contributed by atoms with Crippen molar-refractivity contribution in [3.8, 4) is 0 Å². The van der Waals surface area contributed by atoms with Crippen LogP contribution in [0, 0.1) is 11.6 Å². The number of carbonyl (C=O) groups is 1. The molecule has 1 rings (SSSR count). The first-order valence-electron chi connectivity index (χ1n) is 5.43. The number of hydrogen-bond acceptors (Lipinski definition) is 2. The van der Waals surface area contributed by atoms with Gasteiger partial charge in [-0.25, -0.2) is 8.78 Å². The lowest BCUT2D eigenvalue weighted by Gasteiger charge is -2.14. The second-order valence-corrected chi connectivity index (χ2v) is 3.75. The summed E-state index contributed by atoms with van der Waals surface area (Å²) < 4.78 is 26.1. The molecule has 0 saturated heterocycles. The maximum absolute atomic E-state index is 13.2. The molecule has 0 saturated carbocycles. The van der Waals surface area contributed by atoms with Crippen molar-refractivity contribution in [1.29, 1.82) is 0 Å². The van der Waals surface area contributed by atoms with Gasteiger partial charge in [0.05, 0.1) is 6.54 Å². The van der Waals surface area contributed by atoms with Crippen molar-refractivity contribution < 1.29 is 13.6 Å². The van der Waals surface area contributed by atoms with Crippen molar-refractivity contribution >= 4 is 5.91 Å². The summed E-state index contributed by atoms with van der Waals surface area (Å²) in [6.45, 7) is 2.73. The monoisotopic (exact) mass is 242 g/mol. The van der Waals surface area contributed by atoms with Crippen molar-refractivity contribution in [2.45, 2.75) is 13.5 Å². The van der Waals surface area contributed by atoms with Crippen LogP contribution < -0.4 is 5.32 Å². The third-order valence-electron chi connectivity index (χ3n) is 2.50. The van der Waals surface area contributed by atoms with E-state index in [1.54, 1.807) is 11.9 Å². The highest BCUT2D eigenvalue weighted by Gasteiger charge is 2.07. The predicted octanol–water partition coefficient (Wildman–Crippen LogP) is 1.53. The quantitative estimate of drug-likeness (QED) is 0.849. The van der Waals surface area contributed by atoms with Crippen molar-refractivity contribution in [3.05, 3.63) is 35.4 Å². The molecule has 0 bridgehead atoms. The molecule has 0 aliphatic rings. The van der Waals surface area contributed by atoms with E-state index in [0.717, 1.165) is 18.2 Å². The van der Waals surface area contributed by atoms with Crippen LogP contribution in [0.4, 0.5) is 8.78 Å². The lowest BCUT2D eigenvalue weighted by molar-refractivity contribution is -0.128. The molecule has 0 aliphatic heterocycles. The lowest BCUT2D eigenvalue weighted by atomic mass is 10.2. The van der Waals surface area contributed by atoms with E-state index in [9.17, 15) is 13.6 Å². The van der Waals surface area contributed by atoms with Gasteiger partial charge in [-0.3, -0.25) is 4.79 Å². The third-order valence-corrected chi connectivity index (χ3v) is 2.50. The van der Waals surface area contributed by atoms with Gasteiger partial charge in [-0.15, -0.1) is 0 Å². The molecule has 1 N–H and O–H groups in total. The van der Waals surface area contributed by atoms with Gasteiger partial charge in [-0.05, 0) is 25.1 Å². The molecular formula is C12H16F2N2O. The standard InChI is InChI=1S/C12H16F2N2O/c1-3-16(2)12(17)8-15-7-9-6-10(13)4-5-11(9)14/h4-6,15H,3,7-8H2,1-2H3. The van der Waals surface area contributed by atoms with E-state index >= 15 is 0 Å². The molecule has 0 spiro atoms. The van der Waals surface area contributed by atoms with Gasteiger partial charge in [0.15, 0.2) is 0 Å². The van der Waals surface area contributed by atoms with Crippen LogP contribution in [-0.2, 0) is 11.3 Å². The van der Waals surface area contributed by atoms with Crippen LogP contribution in [0.2, 0.25) is 0 Å².